The summed E-state index contributed by atoms with van der Waals surface area (Å²) < 4.78 is 4.98. The van der Waals surface area contributed by atoms with Gasteiger partial charge in [-0.15, -0.1) is 0 Å². The van der Waals surface area contributed by atoms with Crippen LogP contribution in [-0.2, 0) is 20.7 Å². The number of hydrogen-bond acceptors (Lipinski definition) is 4. The molecule has 1 unspecified atom stereocenters. The molecule has 0 saturated heterocycles. The molecule has 0 fully saturated rings. The maximum Gasteiger partial charge on any atom is 0.316 e. The fourth-order valence-corrected chi connectivity index (χ4v) is 2.19. The van der Waals surface area contributed by atoms with Crippen molar-refractivity contribution >= 4 is 17.5 Å². The molecular weight excluding hydrogens is 280 g/mol. The van der Waals surface area contributed by atoms with E-state index < -0.39 is 11.9 Å². The van der Waals surface area contributed by atoms with Gasteiger partial charge in [-0.3, -0.25) is 14.4 Å². The molecule has 1 atom stereocenters. The zero-order valence-electron chi connectivity index (χ0n) is 13.7. The van der Waals surface area contributed by atoms with Gasteiger partial charge in [-0.25, -0.2) is 0 Å². The van der Waals surface area contributed by atoms with Gasteiger partial charge in [0.05, 0.1) is 6.61 Å². The lowest BCUT2D eigenvalue weighted by Crippen LogP contribution is -2.27. The molecular formula is C18H24O4. The summed E-state index contributed by atoms with van der Waals surface area (Å²) in [6.07, 6.45) is 0.606. The molecule has 22 heavy (non-hydrogen) atoms. The predicted octanol–water partition coefficient (Wildman–Crippen LogP) is 3.23. The highest BCUT2D eigenvalue weighted by Gasteiger charge is 2.26. The van der Waals surface area contributed by atoms with Gasteiger partial charge in [0.25, 0.3) is 0 Å². The van der Waals surface area contributed by atoms with Gasteiger partial charge < -0.3 is 4.74 Å². The third-order valence-electron chi connectivity index (χ3n) is 3.51. The monoisotopic (exact) mass is 304 g/mol. The van der Waals surface area contributed by atoms with Crippen molar-refractivity contribution in [2.75, 3.05) is 6.61 Å². The molecule has 0 amide bonds. The van der Waals surface area contributed by atoms with Crippen LogP contribution in [0.5, 0.6) is 0 Å². The SMILES string of the molecule is CCOC(=O)C(Cc1ccc(C(=O)C(C)C)cc1)C(=O)CC. The fourth-order valence-electron chi connectivity index (χ4n) is 2.19. The van der Waals surface area contributed by atoms with E-state index in [-0.39, 0.29) is 24.1 Å². The van der Waals surface area contributed by atoms with E-state index >= 15 is 0 Å². The zero-order chi connectivity index (χ0) is 16.7. The van der Waals surface area contributed by atoms with Crippen LogP contribution in [0, 0.1) is 11.8 Å². The Labute approximate surface area is 131 Å². The third-order valence-corrected chi connectivity index (χ3v) is 3.51. The zero-order valence-corrected chi connectivity index (χ0v) is 13.7. The topological polar surface area (TPSA) is 60.4 Å². The Morgan fingerprint density at radius 3 is 2.09 bits per heavy atom. The number of ether oxygens (including phenoxy) is 1. The molecule has 0 saturated carbocycles. The van der Waals surface area contributed by atoms with Crippen molar-refractivity contribution in [3.63, 3.8) is 0 Å². The molecule has 0 radical (unpaired) electrons. The summed E-state index contributed by atoms with van der Waals surface area (Å²) in [4.78, 5) is 35.8. The highest BCUT2D eigenvalue weighted by molar-refractivity contribution is 5.99. The minimum atomic E-state index is -0.767. The van der Waals surface area contributed by atoms with Gasteiger partial charge in [0.2, 0.25) is 0 Å². The number of Topliss-reactive ketones (excluding diaryl/α,β-unsaturated/α-hetero) is 2. The second kappa shape index (κ2) is 8.47. The molecule has 0 bridgehead atoms. The number of carbonyl (C=O) groups excluding carboxylic acids is 3. The van der Waals surface area contributed by atoms with Gasteiger partial charge in [-0.2, -0.15) is 0 Å². The van der Waals surface area contributed by atoms with Crippen LogP contribution in [0.3, 0.4) is 0 Å². The highest BCUT2D eigenvalue weighted by Crippen LogP contribution is 2.16. The van der Waals surface area contributed by atoms with Crippen LogP contribution < -0.4 is 0 Å². The van der Waals surface area contributed by atoms with Gasteiger partial charge in [0, 0.05) is 17.9 Å². The molecule has 1 aromatic carbocycles. The smallest absolute Gasteiger partial charge is 0.316 e. The van der Waals surface area contributed by atoms with Gasteiger partial charge in [-0.05, 0) is 18.9 Å². The van der Waals surface area contributed by atoms with Gasteiger partial charge in [-0.1, -0.05) is 45.0 Å². The molecule has 0 aliphatic heterocycles. The van der Waals surface area contributed by atoms with Gasteiger partial charge in [0.1, 0.15) is 11.7 Å². The largest absolute Gasteiger partial charge is 0.465 e. The maximum atomic E-state index is 11.9. The second-order valence-electron chi connectivity index (χ2n) is 5.54. The molecule has 4 heteroatoms. The normalized spacial score (nSPS) is 12.0. The van der Waals surface area contributed by atoms with Gasteiger partial charge >= 0.3 is 5.97 Å². The average Bonchev–Trinajstić information content (AvgIpc) is 2.51. The number of hydrogen-bond donors (Lipinski definition) is 0. The molecule has 1 rings (SSSR count). The van der Waals surface area contributed by atoms with E-state index in [1.165, 1.54) is 0 Å². The van der Waals surface area contributed by atoms with Crippen LogP contribution in [0.1, 0.15) is 50.0 Å². The predicted molar refractivity (Wildman–Crippen MR) is 84.7 cm³/mol. The molecule has 0 aromatic heterocycles. The summed E-state index contributed by atoms with van der Waals surface area (Å²) in [5, 5.41) is 0. The molecule has 4 nitrogen and oxygen atoms in total. The minimum absolute atomic E-state index is 0.0557. The van der Waals surface area contributed by atoms with Crippen LogP contribution in [-0.4, -0.2) is 24.1 Å². The molecule has 0 aliphatic rings. The standard InChI is InChI=1S/C18H24O4/c1-5-16(19)15(18(21)22-6-2)11-13-7-9-14(10-8-13)17(20)12(3)4/h7-10,12,15H,5-6,11H2,1-4H3. The Balaban J connectivity index is 2.88. The molecule has 0 heterocycles. The molecule has 1 aromatic rings. The van der Waals surface area contributed by atoms with E-state index in [1.54, 1.807) is 38.1 Å². The lowest BCUT2D eigenvalue weighted by molar-refractivity contribution is -0.151. The molecule has 0 spiro atoms. The number of ketones is 2. The number of rotatable bonds is 8. The minimum Gasteiger partial charge on any atom is -0.465 e. The lowest BCUT2D eigenvalue weighted by atomic mass is 9.92. The first kappa shape index (κ1) is 18.1. The number of esters is 1. The van der Waals surface area contributed by atoms with E-state index in [4.69, 9.17) is 4.74 Å². The van der Waals surface area contributed by atoms with Crippen molar-refractivity contribution in [1.29, 1.82) is 0 Å². The van der Waals surface area contributed by atoms with Crippen LogP contribution in [0.25, 0.3) is 0 Å². The Morgan fingerprint density at radius 2 is 1.64 bits per heavy atom. The van der Waals surface area contributed by atoms with Crippen molar-refractivity contribution in [2.24, 2.45) is 11.8 Å². The van der Waals surface area contributed by atoms with E-state index in [9.17, 15) is 14.4 Å². The summed E-state index contributed by atoms with van der Waals surface area (Å²) in [7, 11) is 0. The van der Waals surface area contributed by atoms with Crippen LogP contribution in [0.15, 0.2) is 24.3 Å². The number of benzene rings is 1. The highest BCUT2D eigenvalue weighted by atomic mass is 16.5. The van der Waals surface area contributed by atoms with Crippen molar-refractivity contribution in [2.45, 2.75) is 40.5 Å². The van der Waals surface area contributed by atoms with Crippen LogP contribution in [0.4, 0.5) is 0 Å². The fraction of sp³-hybridized carbons (Fsp3) is 0.500. The summed E-state index contributed by atoms with van der Waals surface area (Å²) in [6, 6.07) is 7.09. The molecule has 0 N–H and O–H groups in total. The Morgan fingerprint density at radius 1 is 1.05 bits per heavy atom. The first-order chi connectivity index (χ1) is 10.4. The first-order valence-electron chi connectivity index (χ1n) is 7.73. The molecule has 0 aliphatic carbocycles. The van der Waals surface area contributed by atoms with Crippen molar-refractivity contribution in [1.82, 2.24) is 0 Å². The Hall–Kier alpha value is -1.97. The second-order valence-corrected chi connectivity index (χ2v) is 5.54. The average molecular weight is 304 g/mol. The summed E-state index contributed by atoms with van der Waals surface area (Å²) in [6.45, 7) is 7.42. The quantitative estimate of drug-likeness (QED) is 0.420. The Kier molecular flexibility index (Phi) is 6.96. The van der Waals surface area contributed by atoms with E-state index in [2.05, 4.69) is 0 Å². The summed E-state index contributed by atoms with van der Waals surface area (Å²) >= 11 is 0. The van der Waals surface area contributed by atoms with Gasteiger partial charge in [0.15, 0.2) is 5.78 Å². The van der Waals surface area contributed by atoms with E-state index in [1.807, 2.05) is 13.8 Å². The maximum absolute atomic E-state index is 11.9. The first-order valence-corrected chi connectivity index (χ1v) is 7.73. The summed E-state index contributed by atoms with van der Waals surface area (Å²) in [5.41, 5.74) is 1.49. The van der Waals surface area contributed by atoms with Crippen molar-refractivity contribution in [3.8, 4) is 0 Å². The van der Waals surface area contributed by atoms with Crippen LogP contribution in [0.2, 0.25) is 0 Å². The lowest BCUT2D eigenvalue weighted by Gasteiger charge is -2.14. The van der Waals surface area contributed by atoms with E-state index in [0.29, 0.717) is 18.4 Å². The van der Waals surface area contributed by atoms with E-state index in [0.717, 1.165) is 5.56 Å². The van der Waals surface area contributed by atoms with Crippen molar-refractivity contribution in [3.05, 3.63) is 35.4 Å². The van der Waals surface area contributed by atoms with Crippen LogP contribution >= 0.6 is 0 Å². The molecule has 120 valence electrons. The number of carbonyl (C=O) groups is 3. The Bertz CT molecular complexity index is 529. The third kappa shape index (κ3) is 4.79. The summed E-state index contributed by atoms with van der Waals surface area (Å²) in [5.74, 6) is -1.34. The van der Waals surface area contributed by atoms with Crippen molar-refractivity contribution < 1.29 is 19.1 Å².